The van der Waals surface area contributed by atoms with Crippen molar-refractivity contribution in [2.75, 3.05) is 13.2 Å². The Kier molecular flexibility index (Phi) is 6.19. The van der Waals surface area contributed by atoms with E-state index in [9.17, 15) is 21.2 Å². The number of hydrogen-bond donors (Lipinski definition) is 1. The number of primary sulfonamides is 1. The number of ether oxygens (including phenoxy) is 1. The molecule has 29 heavy (non-hydrogen) atoms. The second kappa shape index (κ2) is 8.32. The molecule has 3 rings (SSSR count). The third-order valence-corrected chi connectivity index (χ3v) is 7.30. The molecule has 0 aliphatic heterocycles. The van der Waals surface area contributed by atoms with Gasteiger partial charge < -0.3 is 9.30 Å². The maximum absolute atomic E-state index is 13.1. The van der Waals surface area contributed by atoms with Gasteiger partial charge in [0.05, 0.1) is 26.6 Å². The zero-order valence-corrected chi connectivity index (χ0v) is 17.7. The van der Waals surface area contributed by atoms with Crippen molar-refractivity contribution >= 4 is 41.6 Å². The lowest BCUT2D eigenvalue weighted by Crippen LogP contribution is -2.20. The molecule has 0 saturated heterocycles. The second-order valence-corrected chi connectivity index (χ2v) is 10.1. The molecular weight excluding hydrogens is 441 g/mol. The highest BCUT2D eigenvalue weighted by Crippen LogP contribution is 2.22. The van der Waals surface area contributed by atoms with E-state index in [0.717, 1.165) is 35.6 Å². The van der Waals surface area contributed by atoms with Gasteiger partial charge in [-0.15, -0.1) is 4.40 Å². The van der Waals surface area contributed by atoms with E-state index in [1.165, 1.54) is 12.1 Å². The highest BCUT2D eigenvalue weighted by atomic mass is 32.2. The van der Waals surface area contributed by atoms with Crippen LogP contribution in [0.4, 0.5) is 4.39 Å². The Morgan fingerprint density at radius 1 is 1.10 bits per heavy atom. The maximum Gasteiger partial charge on any atom is 0.285 e. The van der Waals surface area contributed by atoms with Crippen molar-refractivity contribution in [3.8, 4) is 0 Å². The molecule has 2 N–H and O–H groups in total. The van der Waals surface area contributed by atoms with E-state index in [2.05, 4.69) is 4.40 Å². The molecule has 0 saturated carbocycles. The average molecular weight is 460 g/mol. The standard InChI is InChI=1S/C17H18FN3O5S3/c1-2-26-10-9-21-15-8-7-14(28(19,22)23)11-16(15)27-17(21)20-29(24,25)13-5-3-12(18)4-6-13/h3-8,11H,2,9-10H2,1H3,(H2,19,22,23)/b20-17-. The third-order valence-electron chi connectivity index (χ3n) is 3.96. The van der Waals surface area contributed by atoms with Crippen LogP contribution < -0.4 is 9.94 Å². The quantitative estimate of drug-likeness (QED) is 0.540. The van der Waals surface area contributed by atoms with Gasteiger partial charge in [0.25, 0.3) is 10.0 Å². The normalized spacial score (nSPS) is 13.3. The highest BCUT2D eigenvalue weighted by Gasteiger charge is 2.16. The number of nitrogens with zero attached hydrogens (tertiary/aromatic N) is 2. The molecule has 0 aliphatic rings. The van der Waals surface area contributed by atoms with E-state index in [0.29, 0.717) is 30.0 Å². The van der Waals surface area contributed by atoms with Crippen LogP contribution in [0.1, 0.15) is 6.92 Å². The van der Waals surface area contributed by atoms with Crippen molar-refractivity contribution in [1.82, 2.24) is 4.57 Å². The number of rotatable bonds is 7. The van der Waals surface area contributed by atoms with Gasteiger partial charge in [0.2, 0.25) is 14.8 Å². The van der Waals surface area contributed by atoms with Crippen molar-refractivity contribution in [3.05, 3.63) is 53.1 Å². The molecule has 12 heteroatoms. The van der Waals surface area contributed by atoms with Crippen LogP contribution in [0.25, 0.3) is 10.2 Å². The molecule has 1 aromatic heterocycles. The summed E-state index contributed by atoms with van der Waals surface area (Å²) in [7, 11) is -8.02. The van der Waals surface area contributed by atoms with Crippen LogP contribution in [0.3, 0.4) is 0 Å². The third kappa shape index (κ3) is 4.90. The van der Waals surface area contributed by atoms with E-state index >= 15 is 0 Å². The van der Waals surface area contributed by atoms with Gasteiger partial charge in [0.15, 0.2) is 0 Å². The first-order valence-electron chi connectivity index (χ1n) is 8.42. The van der Waals surface area contributed by atoms with Gasteiger partial charge in [-0.05, 0) is 49.4 Å². The zero-order chi connectivity index (χ0) is 21.2. The minimum Gasteiger partial charge on any atom is -0.380 e. The zero-order valence-electron chi connectivity index (χ0n) is 15.3. The van der Waals surface area contributed by atoms with Gasteiger partial charge in [-0.2, -0.15) is 8.42 Å². The Morgan fingerprint density at radius 3 is 2.38 bits per heavy atom. The van der Waals surface area contributed by atoms with Crippen molar-refractivity contribution in [2.45, 2.75) is 23.3 Å². The lowest BCUT2D eigenvalue weighted by Gasteiger charge is -2.06. The molecular formula is C17H18FN3O5S3. The fourth-order valence-corrected chi connectivity index (χ4v) is 5.49. The number of thiazole rings is 1. The molecule has 0 amide bonds. The molecule has 156 valence electrons. The van der Waals surface area contributed by atoms with Crippen LogP contribution in [0.15, 0.2) is 56.7 Å². The molecule has 0 aliphatic carbocycles. The summed E-state index contributed by atoms with van der Waals surface area (Å²) in [5.41, 5.74) is 0.593. The topological polar surface area (TPSA) is 121 Å². The van der Waals surface area contributed by atoms with Crippen LogP contribution in [0, 0.1) is 5.82 Å². The number of fused-ring (bicyclic) bond motifs is 1. The van der Waals surface area contributed by atoms with Crippen LogP contribution >= 0.6 is 11.3 Å². The minimum atomic E-state index is -4.11. The number of aromatic nitrogens is 1. The first-order valence-corrected chi connectivity index (χ1v) is 12.2. The Bertz CT molecular complexity index is 1310. The average Bonchev–Trinajstić information content (AvgIpc) is 2.97. The van der Waals surface area contributed by atoms with E-state index in [1.807, 2.05) is 6.92 Å². The molecule has 8 nitrogen and oxygen atoms in total. The molecule has 1 heterocycles. The fraction of sp³-hybridized carbons (Fsp3) is 0.235. The van der Waals surface area contributed by atoms with E-state index in [1.54, 1.807) is 10.6 Å². The Morgan fingerprint density at radius 2 is 1.76 bits per heavy atom. The van der Waals surface area contributed by atoms with E-state index in [4.69, 9.17) is 9.88 Å². The van der Waals surface area contributed by atoms with Crippen LogP contribution in [0.5, 0.6) is 0 Å². The summed E-state index contributed by atoms with van der Waals surface area (Å²) in [5, 5.41) is 5.18. The van der Waals surface area contributed by atoms with E-state index in [-0.39, 0.29) is 14.6 Å². The smallest absolute Gasteiger partial charge is 0.285 e. The Balaban J connectivity index is 2.19. The number of sulfonamides is 2. The predicted octanol–water partition coefficient (Wildman–Crippen LogP) is 1.82. The number of halogens is 1. The summed E-state index contributed by atoms with van der Waals surface area (Å²) in [4.78, 5) is -0.107. The molecule has 2 aromatic carbocycles. The summed E-state index contributed by atoms with van der Waals surface area (Å²) in [6.07, 6.45) is 0. The molecule has 0 spiro atoms. The van der Waals surface area contributed by atoms with E-state index < -0.39 is 25.9 Å². The minimum absolute atomic E-state index is 0.0869. The first-order chi connectivity index (χ1) is 13.6. The summed E-state index contributed by atoms with van der Waals surface area (Å²) in [5.74, 6) is -0.562. The number of nitrogens with two attached hydrogens (primary N) is 1. The first kappa shape index (κ1) is 21.6. The van der Waals surface area contributed by atoms with Gasteiger partial charge in [0, 0.05) is 13.2 Å². The largest absolute Gasteiger partial charge is 0.380 e. The molecule has 0 bridgehead atoms. The van der Waals surface area contributed by atoms with Gasteiger partial charge in [-0.3, -0.25) is 0 Å². The summed E-state index contributed by atoms with van der Waals surface area (Å²) >= 11 is 1.00. The maximum atomic E-state index is 13.1. The monoisotopic (exact) mass is 459 g/mol. The Labute approximate surface area is 171 Å². The summed E-state index contributed by atoms with van der Waals surface area (Å²) < 4.78 is 73.0. The highest BCUT2D eigenvalue weighted by molar-refractivity contribution is 7.90. The number of hydrogen-bond acceptors (Lipinski definition) is 6. The molecule has 0 fully saturated rings. The van der Waals surface area contributed by atoms with Crippen molar-refractivity contribution in [3.63, 3.8) is 0 Å². The molecule has 0 radical (unpaired) electrons. The van der Waals surface area contributed by atoms with Gasteiger partial charge in [-0.1, -0.05) is 11.3 Å². The summed E-state index contributed by atoms with van der Waals surface area (Å²) in [6, 6.07) is 8.59. The fourth-order valence-electron chi connectivity index (χ4n) is 2.58. The second-order valence-electron chi connectivity index (χ2n) is 5.93. The SMILES string of the molecule is CCOCCn1/c(=N/S(=O)(=O)c2ccc(F)cc2)sc2cc(S(N)(=O)=O)ccc21. The summed E-state index contributed by atoms with van der Waals surface area (Å²) in [6.45, 7) is 2.93. The lowest BCUT2D eigenvalue weighted by molar-refractivity contribution is 0.139. The van der Waals surface area contributed by atoms with Crippen LogP contribution in [0.2, 0.25) is 0 Å². The van der Waals surface area contributed by atoms with Gasteiger partial charge in [0.1, 0.15) is 5.82 Å². The van der Waals surface area contributed by atoms with Crippen molar-refractivity contribution in [2.24, 2.45) is 9.54 Å². The lowest BCUT2D eigenvalue weighted by atomic mass is 10.3. The van der Waals surface area contributed by atoms with Crippen LogP contribution in [-0.4, -0.2) is 34.6 Å². The van der Waals surface area contributed by atoms with Gasteiger partial charge in [-0.25, -0.2) is 17.9 Å². The molecule has 3 aromatic rings. The molecule has 0 atom stereocenters. The predicted molar refractivity (Wildman–Crippen MR) is 107 cm³/mol. The Hall–Kier alpha value is -2.12. The van der Waals surface area contributed by atoms with Crippen LogP contribution in [-0.2, 0) is 31.3 Å². The van der Waals surface area contributed by atoms with Crippen molar-refractivity contribution in [1.29, 1.82) is 0 Å². The van der Waals surface area contributed by atoms with Crippen molar-refractivity contribution < 1.29 is 26.0 Å². The molecule has 0 unspecified atom stereocenters. The number of benzene rings is 2. The van der Waals surface area contributed by atoms with Gasteiger partial charge >= 0.3 is 0 Å².